The summed E-state index contributed by atoms with van der Waals surface area (Å²) in [4.78, 5) is 3.90. The molecular formula is C12H20N4. The maximum atomic E-state index is 5.31. The standard InChI is InChI=1S/C12H20N4/c1-3-11(12(16-13)9-14-2)15-10-7-5-4-6-8-10/h9-10,15H,1,4-8,13H2,2H3. The van der Waals surface area contributed by atoms with Crippen LogP contribution in [-0.2, 0) is 0 Å². The van der Waals surface area contributed by atoms with Crippen molar-refractivity contribution >= 4 is 11.9 Å². The smallest absolute Gasteiger partial charge is 0.132 e. The van der Waals surface area contributed by atoms with Crippen LogP contribution >= 0.6 is 0 Å². The lowest BCUT2D eigenvalue weighted by Crippen LogP contribution is -2.33. The molecule has 4 heteroatoms. The van der Waals surface area contributed by atoms with Crippen LogP contribution in [0.1, 0.15) is 32.1 Å². The first-order chi connectivity index (χ1) is 7.81. The Morgan fingerprint density at radius 1 is 1.44 bits per heavy atom. The number of aliphatic imine (C=N–C) groups is 1. The topological polar surface area (TPSA) is 62.8 Å². The van der Waals surface area contributed by atoms with E-state index in [2.05, 4.69) is 27.7 Å². The molecule has 0 spiro atoms. The molecule has 16 heavy (non-hydrogen) atoms. The highest BCUT2D eigenvalue weighted by Gasteiger charge is 2.15. The lowest BCUT2D eigenvalue weighted by Gasteiger charge is -2.24. The average Bonchev–Trinajstić information content (AvgIpc) is 2.35. The minimum Gasteiger partial charge on any atom is -0.374 e. The van der Waals surface area contributed by atoms with Crippen molar-refractivity contribution in [3.05, 3.63) is 18.0 Å². The number of allylic oxidation sites excluding steroid dienone is 1. The summed E-state index contributed by atoms with van der Waals surface area (Å²) in [5.41, 5.74) is 4.19. The third-order valence-electron chi connectivity index (χ3n) is 2.78. The predicted octanol–water partition coefficient (Wildman–Crippen LogP) is 1.59. The Kier molecular flexibility index (Phi) is 5.37. The molecule has 1 saturated carbocycles. The Morgan fingerprint density at radius 2 is 2.12 bits per heavy atom. The first kappa shape index (κ1) is 12.5. The van der Waals surface area contributed by atoms with Crippen molar-refractivity contribution in [2.24, 2.45) is 15.9 Å². The number of rotatable bonds is 4. The molecular weight excluding hydrogens is 200 g/mol. The van der Waals surface area contributed by atoms with E-state index in [1.165, 1.54) is 32.1 Å². The van der Waals surface area contributed by atoms with Gasteiger partial charge in [0.25, 0.3) is 0 Å². The molecule has 0 amide bonds. The number of hydrogen-bond acceptors (Lipinski definition) is 4. The van der Waals surface area contributed by atoms with Gasteiger partial charge in [-0.2, -0.15) is 5.10 Å². The summed E-state index contributed by atoms with van der Waals surface area (Å²) < 4.78 is 0. The van der Waals surface area contributed by atoms with Crippen molar-refractivity contribution in [3.63, 3.8) is 0 Å². The van der Waals surface area contributed by atoms with Gasteiger partial charge in [-0.15, -0.1) is 5.73 Å². The predicted molar refractivity (Wildman–Crippen MR) is 68.7 cm³/mol. The van der Waals surface area contributed by atoms with E-state index in [0.29, 0.717) is 11.8 Å². The molecule has 0 unspecified atom stereocenters. The van der Waals surface area contributed by atoms with Gasteiger partial charge in [0, 0.05) is 13.1 Å². The second kappa shape index (κ2) is 6.85. The number of nitrogens with zero attached hydrogens (tertiary/aromatic N) is 2. The van der Waals surface area contributed by atoms with Crippen molar-refractivity contribution < 1.29 is 0 Å². The number of nitrogens with one attached hydrogen (secondary N) is 1. The van der Waals surface area contributed by atoms with Gasteiger partial charge in [-0.1, -0.05) is 25.8 Å². The molecule has 1 aliphatic rings. The molecule has 0 atom stereocenters. The van der Waals surface area contributed by atoms with E-state index in [0.717, 1.165) is 5.70 Å². The molecule has 0 saturated heterocycles. The molecule has 88 valence electrons. The fraction of sp³-hybridized carbons (Fsp3) is 0.583. The molecule has 3 N–H and O–H groups in total. The van der Waals surface area contributed by atoms with Crippen LogP contribution in [0.5, 0.6) is 0 Å². The monoisotopic (exact) mass is 220 g/mol. The van der Waals surface area contributed by atoms with Crippen LogP contribution in [0.2, 0.25) is 0 Å². The molecule has 1 aliphatic carbocycles. The van der Waals surface area contributed by atoms with Crippen LogP contribution in [0.4, 0.5) is 0 Å². The molecule has 0 aromatic carbocycles. The maximum Gasteiger partial charge on any atom is 0.132 e. The zero-order valence-corrected chi connectivity index (χ0v) is 9.87. The summed E-state index contributed by atoms with van der Waals surface area (Å²) in [5, 5.41) is 7.06. The molecule has 0 bridgehead atoms. The number of hydrazone groups is 1. The van der Waals surface area contributed by atoms with Gasteiger partial charge in [-0.05, 0) is 12.8 Å². The number of hydrogen-bond donors (Lipinski definition) is 2. The quantitative estimate of drug-likeness (QED) is 0.327. The molecule has 4 nitrogen and oxygen atoms in total. The SMILES string of the molecule is C=C=C(NC1CCCCC1)C(C=NC)=NN. The van der Waals surface area contributed by atoms with Gasteiger partial charge in [0.2, 0.25) is 0 Å². The van der Waals surface area contributed by atoms with Crippen LogP contribution in [-0.4, -0.2) is 25.0 Å². The van der Waals surface area contributed by atoms with Crippen LogP contribution < -0.4 is 11.2 Å². The first-order valence-electron chi connectivity index (χ1n) is 5.68. The number of nitrogens with two attached hydrogens (primary N) is 1. The fourth-order valence-corrected chi connectivity index (χ4v) is 1.95. The Labute approximate surface area is 97.0 Å². The highest BCUT2D eigenvalue weighted by atomic mass is 15.1. The summed E-state index contributed by atoms with van der Waals surface area (Å²) in [5.74, 6) is 5.31. The summed E-state index contributed by atoms with van der Waals surface area (Å²) in [6.07, 6.45) is 7.87. The van der Waals surface area contributed by atoms with Crippen LogP contribution in [0.3, 0.4) is 0 Å². The normalized spacial score (nSPS) is 18.4. The van der Waals surface area contributed by atoms with Crippen molar-refractivity contribution in [1.29, 1.82) is 0 Å². The zero-order chi connectivity index (χ0) is 11.8. The summed E-state index contributed by atoms with van der Waals surface area (Å²) in [7, 11) is 1.69. The Bertz CT molecular complexity index is 318. The van der Waals surface area contributed by atoms with Gasteiger partial charge in [0.1, 0.15) is 11.4 Å². The average molecular weight is 220 g/mol. The zero-order valence-electron chi connectivity index (χ0n) is 9.87. The van der Waals surface area contributed by atoms with Gasteiger partial charge >= 0.3 is 0 Å². The van der Waals surface area contributed by atoms with E-state index in [4.69, 9.17) is 5.84 Å². The van der Waals surface area contributed by atoms with Gasteiger partial charge in [0.15, 0.2) is 0 Å². The first-order valence-corrected chi connectivity index (χ1v) is 5.68. The molecule has 1 fully saturated rings. The Hall–Kier alpha value is -1.54. The second-order valence-electron chi connectivity index (χ2n) is 3.93. The van der Waals surface area contributed by atoms with Gasteiger partial charge in [-0.3, -0.25) is 4.99 Å². The highest BCUT2D eigenvalue weighted by molar-refractivity contribution is 6.37. The maximum absolute atomic E-state index is 5.31. The van der Waals surface area contributed by atoms with Crippen molar-refractivity contribution in [3.8, 4) is 0 Å². The third kappa shape index (κ3) is 3.55. The van der Waals surface area contributed by atoms with Crippen molar-refractivity contribution in [2.45, 2.75) is 38.1 Å². The summed E-state index contributed by atoms with van der Waals surface area (Å²) in [6, 6.07) is 0.486. The van der Waals surface area contributed by atoms with Crippen LogP contribution in [0.25, 0.3) is 0 Å². The summed E-state index contributed by atoms with van der Waals surface area (Å²) in [6.45, 7) is 3.66. The molecule has 0 radical (unpaired) electrons. The lowest BCUT2D eigenvalue weighted by atomic mass is 9.95. The van der Waals surface area contributed by atoms with Crippen molar-refractivity contribution in [1.82, 2.24) is 5.32 Å². The van der Waals surface area contributed by atoms with Crippen LogP contribution in [0, 0.1) is 0 Å². The van der Waals surface area contributed by atoms with E-state index in [-0.39, 0.29) is 0 Å². The summed E-state index contributed by atoms with van der Waals surface area (Å²) >= 11 is 0. The van der Waals surface area contributed by atoms with Gasteiger partial charge in [-0.25, -0.2) is 0 Å². The van der Waals surface area contributed by atoms with E-state index in [1.54, 1.807) is 13.3 Å². The van der Waals surface area contributed by atoms with Crippen LogP contribution in [0.15, 0.2) is 28.1 Å². The molecule has 0 aliphatic heterocycles. The molecule has 0 aromatic heterocycles. The van der Waals surface area contributed by atoms with Gasteiger partial charge in [0.05, 0.1) is 6.21 Å². The fourth-order valence-electron chi connectivity index (χ4n) is 1.95. The minimum atomic E-state index is 0.486. The van der Waals surface area contributed by atoms with Crippen molar-refractivity contribution in [2.75, 3.05) is 7.05 Å². The minimum absolute atomic E-state index is 0.486. The van der Waals surface area contributed by atoms with E-state index < -0.39 is 0 Å². The Morgan fingerprint density at radius 3 is 2.62 bits per heavy atom. The second-order valence-corrected chi connectivity index (χ2v) is 3.93. The molecule has 1 rings (SSSR count). The largest absolute Gasteiger partial charge is 0.374 e. The van der Waals surface area contributed by atoms with E-state index in [1.807, 2.05) is 0 Å². The van der Waals surface area contributed by atoms with Gasteiger partial charge < -0.3 is 11.2 Å². The van der Waals surface area contributed by atoms with E-state index >= 15 is 0 Å². The molecule has 0 aromatic rings. The highest BCUT2D eigenvalue weighted by Crippen LogP contribution is 2.18. The Balaban J connectivity index is 2.64. The van der Waals surface area contributed by atoms with E-state index in [9.17, 15) is 0 Å². The third-order valence-corrected chi connectivity index (χ3v) is 2.78. The molecule has 0 heterocycles. The lowest BCUT2D eigenvalue weighted by molar-refractivity contribution is 0.401.